The Morgan fingerprint density at radius 3 is 2.85 bits per heavy atom. The number of thiophene rings is 1. The predicted molar refractivity (Wildman–Crippen MR) is 112 cm³/mol. The lowest BCUT2D eigenvalue weighted by Gasteiger charge is -2.36. The minimum atomic E-state index is -0.144. The maximum absolute atomic E-state index is 12.3. The Labute approximate surface area is 171 Å². The van der Waals surface area contributed by atoms with E-state index in [0.29, 0.717) is 26.0 Å². The van der Waals surface area contributed by atoms with E-state index in [1.54, 1.807) is 11.3 Å². The summed E-state index contributed by atoms with van der Waals surface area (Å²) in [5, 5.41) is 21.3. The fourth-order valence-corrected chi connectivity index (χ4v) is 6.05. The van der Waals surface area contributed by atoms with Crippen molar-refractivity contribution in [3.63, 3.8) is 0 Å². The molecular weight excluding hydrogens is 398 g/mol. The molecule has 1 aliphatic carbocycles. The fraction of sp³-hybridized carbons (Fsp3) is 0.556. The second kappa shape index (κ2) is 8.17. The van der Waals surface area contributed by atoms with Crippen LogP contribution in [-0.4, -0.2) is 21.9 Å². The van der Waals surface area contributed by atoms with Gasteiger partial charge in [-0.1, -0.05) is 50.3 Å². The van der Waals surface area contributed by atoms with Gasteiger partial charge in [-0.25, -0.2) is 0 Å². The van der Waals surface area contributed by atoms with Gasteiger partial charge in [0.15, 0.2) is 4.34 Å². The Morgan fingerprint density at radius 1 is 1.44 bits per heavy atom. The van der Waals surface area contributed by atoms with Gasteiger partial charge in [-0.2, -0.15) is 5.26 Å². The van der Waals surface area contributed by atoms with Crippen LogP contribution >= 0.6 is 34.4 Å². The highest BCUT2D eigenvalue weighted by Crippen LogP contribution is 2.45. The van der Waals surface area contributed by atoms with Gasteiger partial charge < -0.3 is 11.1 Å². The molecule has 1 aliphatic rings. The number of nitrogens with two attached hydrogens (primary N) is 1. The first-order chi connectivity index (χ1) is 12.8. The lowest BCUT2D eigenvalue weighted by molar-refractivity contribution is -0.113. The number of thioether (sulfide) groups is 1. The summed E-state index contributed by atoms with van der Waals surface area (Å²) in [6, 6.07) is 2.31. The van der Waals surface area contributed by atoms with E-state index in [1.807, 2.05) is 0 Å². The molecule has 0 radical (unpaired) electrons. The summed E-state index contributed by atoms with van der Waals surface area (Å²) >= 11 is 4.12. The van der Waals surface area contributed by atoms with Crippen LogP contribution in [-0.2, 0) is 17.6 Å². The van der Waals surface area contributed by atoms with Gasteiger partial charge in [0, 0.05) is 4.88 Å². The molecule has 0 aliphatic heterocycles. The first kappa shape index (κ1) is 20.1. The molecule has 27 heavy (non-hydrogen) atoms. The second-order valence-corrected chi connectivity index (χ2v) is 10.7. The molecule has 2 heterocycles. The van der Waals surface area contributed by atoms with Gasteiger partial charge in [-0.3, -0.25) is 4.79 Å². The molecule has 1 atom stereocenters. The molecule has 3 rings (SSSR count). The van der Waals surface area contributed by atoms with Crippen molar-refractivity contribution in [1.29, 1.82) is 5.26 Å². The summed E-state index contributed by atoms with van der Waals surface area (Å²) < 4.78 is 0.665. The third-order valence-corrected chi connectivity index (χ3v) is 8.45. The van der Waals surface area contributed by atoms with Crippen LogP contribution in [0.15, 0.2) is 4.34 Å². The van der Waals surface area contributed by atoms with E-state index in [2.05, 4.69) is 42.4 Å². The number of fused-ring (bicyclic) bond motifs is 1. The van der Waals surface area contributed by atoms with Crippen LogP contribution < -0.4 is 11.1 Å². The van der Waals surface area contributed by atoms with Gasteiger partial charge in [0.25, 0.3) is 0 Å². The van der Waals surface area contributed by atoms with Crippen molar-refractivity contribution >= 4 is 50.5 Å². The van der Waals surface area contributed by atoms with E-state index < -0.39 is 0 Å². The molecule has 9 heteroatoms. The number of hydrogen-bond donors (Lipinski definition) is 2. The average Bonchev–Trinajstić information content (AvgIpc) is 3.21. The molecule has 0 spiro atoms. The van der Waals surface area contributed by atoms with Gasteiger partial charge in [-0.05, 0) is 36.2 Å². The summed E-state index contributed by atoms with van der Waals surface area (Å²) in [6.45, 7) is 6.88. The Balaban J connectivity index is 1.70. The zero-order valence-corrected chi connectivity index (χ0v) is 18.1. The Bertz CT molecular complexity index is 880. The van der Waals surface area contributed by atoms with Crippen LogP contribution in [0.1, 0.15) is 49.6 Å². The minimum Gasteiger partial charge on any atom is -0.374 e. The van der Waals surface area contributed by atoms with Crippen LogP contribution in [0, 0.1) is 22.7 Å². The van der Waals surface area contributed by atoms with Gasteiger partial charge in [0.05, 0.1) is 11.3 Å². The van der Waals surface area contributed by atoms with E-state index in [9.17, 15) is 10.1 Å². The largest absolute Gasteiger partial charge is 0.374 e. The average molecular weight is 422 g/mol. The predicted octanol–water partition coefficient (Wildman–Crippen LogP) is 4.33. The summed E-state index contributed by atoms with van der Waals surface area (Å²) in [7, 11) is 0. The SMILES string of the molecule is CCC(C)(C)[C@@H]1CCc2c(sc(NC(=O)CSc3nnc(N)s3)c2C#N)C1. The Hall–Kier alpha value is -1.63. The maximum atomic E-state index is 12.3. The lowest BCUT2D eigenvalue weighted by Crippen LogP contribution is -2.28. The molecule has 2 aromatic heterocycles. The zero-order valence-electron chi connectivity index (χ0n) is 15.7. The number of rotatable bonds is 6. The number of carbonyl (C=O) groups excluding carboxylic acids is 1. The molecule has 0 aromatic carbocycles. The van der Waals surface area contributed by atoms with Crippen LogP contribution in [0.4, 0.5) is 10.1 Å². The van der Waals surface area contributed by atoms with Crippen molar-refractivity contribution in [1.82, 2.24) is 10.2 Å². The summed E-state index contributed by atoms with van der Waals surface area (Å²) in [5.74, 6) is 0.685. The highest BCUT2D eigenvalue weighted by molar-refractivity contribution is 8.01. The van der Waals surface area contributed by atoms with Crippen molar-refractivity contribution in [2.75, 3.05) is 16.8 Å². The van der Waals surface area contributed by atoms with E-state index >= 15 is 0 Å². The normalized spacial score (nSPS) is 16.6. The molecule has 0 fully saturated rings. The van der Waals surface area contributed by atoms with E-state index in [4.69, 9.17) is 5.73 Å². The van der Waals surface area contributed by atoms with Gasteiger partial charge in [0.2, 0.25) is 11.0 Å². The maximum Gasteiger partial charge on any atom is 0.235 e. The molecular formula is C18H23N5OS3. The molecule has 0 saturated heterocycles. The minimum absolute atomic E-state index is 0.144. The van der Waals surface area contributed by atoms with Crippen molar-refractivity contribution in [2.45, 2.75) is 50.8 Å². The topological polar surface area (TPSA) is 105 Å². The summed E-state index contributed by atoms with van der Waals surface area (Å²) in [4.78, 5) is 13.6. The van der Waals surface area contributed by atoms with E-state index in [-0.39, 0.29) is 17.1 Å². The fourth-order valence-electron chi connectivity index (χ4n) is 3.32. The lowest BCUT2D eigenvalue weighted by atomic mass is 9.69. The van der Waals surface area contributed by atoms with Crippen molar-refractivity contribution in [2.24, 2.45) is 11.3 Å². The number of nitrogens with one attached hydrogen (secondary N) is 1. The van der Waals surface area contributed by atoms with Crippen LogP contribution in [0.2, 0.25) is 0 Å². The van der Waals surface area contributed by atoms with Crippen molar-refractivity contribution in [3.8, 4) is 6.07 Å². The monoisotopic (exact) mass is 421 g/mol. The van der Waals surface area contributed by atoms with Crippen LogP contribution in [0.3, 0.4) is 0 Å². The van der Waals surface area contributed by atoms with Crippen molar-refractivity contribution < 1.29 is 4.79 Å². The van der Waals surface area contributed by atoms with Gasteiger partial charge in [0.1, 0.15) is 11.1 Å². The summed E-state index contributed by atoms with van der Waals surface area (Å²) in [6.07, 6.45) is 4.14. The van der Waals surface area contributed by atoms with Gasteiger partial charge >= 0.3 is 0 Å². The molecule has 3 N–H and O–H groups in total. The van der Waals surface area contributed by atoms with Crippen LogP contribution in [0.25, 0.3) is 0 Å². The highest BCUT2D eigenvalue weighted by atomic mass is 32.2. The second-order valence-electron chi connectivity index (χ2n) is 7.34. The van der Waals surface area contributed by atoms with Gasteiger partial charge in [-0.15, -0.1) is 21.5 Å². The molecule has 0 saturated carbocycles. The van der Waals surface area contributed by atoms with E-state index in [0.717, 1.165) is 31.2 Å². The zero-order chi connectivity index (χ0) is 19.6. The summed E-state index contributed by atoms with van der Waals surface area (Å²) in [5.41, 5.74) is 7.61. The number of nitrogens with zero attached hydrogens (tertiary/aromatic N) is 3. The Kier molecular flexibility index (Phi) is 6.08. The molecule has 1 amide bonds. The van der Waals surface area contributed by atoms with Crippen LogP contribution in [0.5, 0.6) is 0 Å². The number of nitrogen functional groups attached to an aromatic ring is 1. The third kappa shape index (κ3) is 4.45. The first-order valence-electron chi connectivity index (χ1n) is 8.90. The molecule has 144 valence electrons. The third-order valence-electron chi connectivity index (χ3n) is 5.40. The van der Waals surface area contributed by atoms with Crippen molar-refractivity contribution in [3.05, 3.63) is 16.0 Å². The number of amides is 1. The quantitative estimate of drug-likeness (QED) is 0.673. The molecule has 6 nitrogen and oxygen atoms in total. The molecule has 0 unspecified atom stereocenters. The number of hydrogen-bond acceptors (Lipinski definition) is 8. The number of carbonyl (C=O) groups is 1. The number of nitriles is 1. The number of aromatic nitrogens is 2. The number of anilines is 2. The Morgan fingerprint density at radius 2 is 2.22 bits per heavy atom. The standard InChI is InChI=1S/C18H23N5OS3/c1-4-18(2,3)10-5-6-11-12(8-19)15(26-13(11)7-10)21-14(24)9-25-17-23-22-16(20)27-17/h10H,4-7,9H2,1-3H3,(H2,20,22)(H,21,24)/t10-/m1/s1. The van der Waals surface area contributed by atoms with E-state index in [1.165, 1.54) is 28.0 Å². The molecule has 0 bridgehead atoms. The highest BCUT2D eigenvalue weighted by Gasteiger charge is 2.34. The smallest absolute Gasteiger partial charge is 0.235 e. The molecule has 2 aromatic rings. The first-order valence-corrected chi connectivity index (χ1v) is 11.5.